The molecule has 1 amide bonds. The van der Waals surface area contributed by atoms with Crippen LogP contribution in [0, 0.1) is 5.82 Å². The maximum atomic E-state index is 13.3. The van der Waals surface area contributed by atoms with E-state index in [1.165, 1.54) is 23.1 Å². The highest BCUT2D eigenvalue weighted by Crippen LogP contribution is 2.28. The number of aromatic nitrogens is 1. The maximum Gasteiger partial charge on any atom is 0.325 e. The first kappa shape index (κ1) is 13.5. The molecule has 1 aromatic carbocycles. The summed E-state index contributed by atoms with van der Waals surface area (Å²) in [5.74, 6) is -0.275. The Morgan fingerprint density at radius 2 is 2.18 bits per heavy atom. The largest absolute Gasteiger partial charge is 0.333 e. The molecule has 4 rings (SSSR count). The van der Waals surface area contributed by atoms with Gasteiger partial charge in [0.2, 0.25) is 0 Å². The predicted molar refractivity (Wildman–Crippen MR) is 82.1 cm³/mol. The van der Waals surface area contributed by atoms with Crippen LogP contribution in [0.3, 0.4) is 0 Å². The number of amides is 1. The fourth-order valence-electron chi connectivity index (χ4n) is 3.58. The predicted octanol–water partition coefficient (Wildman–Crippen LogP) is 2.74. The second-order valence-corrected chi connectivity index (χ2v) is 6.16. The van der Waals surface area contributed by atoms with Crippen molar-refractivity contribution in [3.05, 3.63) is 48.5 Å². The average molecular weight is 299 g/mol. The Morgan fingerprint density at radius 1 is 1.27 bits per heavy atom. The number of halogens is 1. The van der Waals surface area contributed by atoms with Gasteiger partial charge in [0.15, 0.2) is 0 Å². The van der Waals surface area contributed by atoms with E-state index < -0.39 is 0 Å². The molecular weight excluding hydrogens is 281 g/mol. The summed E-state index contributed by atoms with van der Waals surface area (Å²) in [7, 11) is 0. The minimum Gasteiger partial charge on any atom is -0.333 e. The van der Waals surface area contributed by atoms with Crippen LogP contribution in [0.2, 0.25) is 0 Å². The lowest BCUT2D eigenvalue weighted by Gasteiger charge is -2.21. The van der Waals surface area contributed by atoms with Crippen molar-refractivity contribution in [2.24, 2.45) is 0 Å². The number of hydrogen-bond donors (Lipinski definition) is 2. The normalized spacial score (nSPS) is 26.3. The van der Waals surface area contributed by atoms with E-state index >= 15 is 0 Å². The molecular formula is C17H18FN3O. The van der Waals surface area contributed by atoms with Gasteiger partial charge < -0.3 is 10.6 Å². The van der Waals surface area contributed by atoms with Gasteiger partial charge in [-0.1, -0.05) is 12.1 Å². The zero-order chi connectivity index (χ0) is 15.1. The van der Waals surface area contributed by atoms with E-state index in [1.807, 2.05) is 12.1 Å². The summed E-state index contributed by atoms with van der Waals surface area (Å²) in [6.07, 6.45) is 6.81. The molecule has 2 aliphatic heterocycles. The fourth-order valence-corrected chi connectivity index (χ4v) is 3.58. The van der Waals surface area contributed by atoms with Crippen molar-refractivity contribution < 1.29 is 9.18 Å². The Bertz CT molecular complexity index is 711. The van der Waals surface area contributed by atoms with Crippen molar-refractivity contribution in [2.45, 2.75) is 37.4 Å². The van der Waals surface area contributed by atoms with Crippen molar-refractivity contribution >= 4 is 6.03 Å². The van der Waals surface area contributed by atoms with Crippen molar-refractivity contribution in [2.75, 3.05) is 0 Å². The highest BCUT2D eigenvalue weighted by atomic mass is 19.1. The third-order valence-electron chi connectivity index (χ3n) is 4.69. The zero-order valence-corrected chi connectivity index (χ0v) is 12.1. The fraction of sp³-hybridized carbons (Fsp3) is 0.353. The molecule has 2 aromatic rings. The molecule has 0 unspecified atom stereocenters. The molecule has 0 aliphatic carbocycles. The van der Waals surface area contributed by atoms with Crippen molar-refractivity contribution in [3.63, 3.8) is 0 Å². The van der Waals surface area contributed by atoms with Crippen molar-refractivity contribution in [1.29, 1.82) is 0 Å². The van der Waals surface area contributed by atoms with Crippen LogP contribution < -0.4 is 10.6 Å². The molecule has 2 N–H and O–H groups in total. The SMILES string of the molecule is O=C(N[C@@H]1C[C@H]2CC[C@@H]1N2)n1ccc(-c2cccc(F)c2)c1. The quantitative estimate of drug-likeness (QED) is 0.895. The molecule has 4 nitrogen and oxygen atoms in total. The number of fused-ring (bicyclic) bond motifs is 2. The van der Waals surface area contributed by atoms with Crippen LogP contribution in [0.25, 0.3) is 11.1 Å². The smallest absolute Gasteiger partial charge is 0.325 e. The van der Waals surface area contributed by atoms with Crippen LogP contribution in [0.15, 0.2) is 42.7 Å². The molecule has 3 heterocycles. The van der Waals surface area contributed by atoms with E-state index in [2.05, 4.69) is 10.6 Å². The first-order chi connectivity index (χ1) is 10.7. The molecule has 0 radical (unpaired) electrons. The minimum absolute atomic E-state index is 0.123. The summed E-state index contributed by atoms with van der Waals surface area (Å²) in [5.41, 5.74) is 1.61. The highest BCUT2D eigenvalue weighted by Gasteiger charge is 2.39. The number of rotatable bonds is 2. The van der Waals surface area contributed by atoms with Gasteiger partial charge >= 0.3 is 6.03 Å². The number of benzene rings is 1. The van der Waals surface area contributed by atoms with Crippen LogP contribution >= 0.6 is 0 Å². The van der Waals surface area contributed by atoms with E-state index in [0.29, 0.717) is 12.1 Å². The topological polar surface area (TPSA) is 46.1 Å². The van der Waals surface area contributed by atoms with Crippen LogP contribution in [0.5, 0.6) is 0 Å². The van der Waals surface area contributed by atoms with Gasteiger partial charge in [-0.3, -0.25) is 4.57 Å². The number of carbonyl (C=O) groups is 1. The summed E-state index contributed by atoms with van der Waals surface area (Å²) in [6.45, 7) is 0. The van der Waals surface area contributed by atoms with Gasteiger partial charge in [0.05, 0.1) is 0 Å². The molecule has 3 atom stereocenters. The lowest BCUT2D eigenvalue weighted by Crippen LogP contribution is -2.44. The number of nitrogens with one attached hydrogen (secondary N) is 2. The van der Waals surface area contributed by atoms with E-state index in [9.17, 15) is 9.18 Å². The van der Waals surface area contributed by atoms with Gasteiger partial charge in [0.1, 0.15) is 5.82 Å². The van der Waals surface area contributed by atoms with Crippen molar-refractivity contribution in [3.8, 4) is 11.1 Å². The first-order valence-corrected chi connectivity index (χ1v) is 7.70. The third kappa shape index (κ3) is 2.41. The number of carbonyl (C=O) groups excluding carboxylic acids is 1. The Hall–Kier alpha value is -2.14. The summed E-state index contributed by atoms with van der Waals surface area (Å²) < 4.78 is 14.8. The molecule has 5 heteroatoms. The molecule has 0 spiro atoms. The van der Waals surface area contributed by atoms with Crippen molar-refractivity contribution in [1.82, 2.24) is 15.2 Å². The first-order valence-electron chi connectivity index (χ1n) is 7.70. The van der Waals surface area contributed by atoms with Gasteiger partial charge in [-0.15, -0.1) is 0 Å². The zero-order valence-electron chi connectivity index (χ0n) is 12.1. The average Bonchev–Trinajstić information content (AvgIpc) is 3.23. The molecule has 0 saturated carbocycles. The summed E-state index contributed by atoms with van der Waals surface area (Å²) in [4.78, 5) is 12.3. The van der Waals surface area contributed by atoms with E-state index in [1.54, 1.807) is 18.5 Å². The Kier molecular flexibility index (Phi) is 3.22. The van der Waals surface area contributed by atoms with Gasteiger partial charge in [-0.05, 0) is 48.6 Å². The van der Waals surface area contributed by atoms with Crippen LogP contribution in [-0.2, 0) is 0 Å². The molecule has 2 saturated heterocycles. The number of hydrogen-bond acceptors (Lipinski definition) is 2. The summed E-state index contributed by atoms with van der Waals surface area (Å²) in [5, 5.41) is 6.60. The number of nitrogens with zero attached hydrogens (tertiary/aromatic N) is 1. The van der Waals surface area contributed by atoms with Crippen LogP contribution in [0.4, 0.5) is 9.18 Å². The monoisotopic (exact) mass is 299 g/mol. The van der Waals surface area contributed by atoms with Gasteiger partial charge in [-0.2, -0.15) is 0 Å². The second kappa shape index (κ2) is 5.25. The molecule has 1 aromatic heterocycles. The van der Waals surface area contributed by atoms with Gasteiger partial charge in [0.25, 0.3) is 0 Å². The minimum atomic E-state index is -0.275. The molecule has 2 fully saturated rings. The standard InChI is InChI=1S/C17H18FN3O/c18-13-3-1-2-11(8-13)12-6-7-21(10-12)17(22)20-16-9-14-4-5-15(16)19-14/h1-3,6-8,10,14-16,19H,4-5,9H2,(H,20,22)/t14-,15+,16-/m1/s1. The third-order valence-corrected chi connectivity index (χ3v) is 4.69. The molecule has 114 valence electrons. The Balaban J connectivity index is 1.48. The summed E-state index contributed by atoms with van der Waals surface area (Å²) >= 11 is 0. The molecule has 2 bridgehead atoms. The van der Waals surface area contributed by atoms with E-state index in [-0.39, 0.29) is 17.9 Å². The van der Waals surface area contributed by atoms with E-state index in [4.69, 9.17) is 0 Å². The van der Waals surface area contributed by atoms with Gasteiger partial charge in [0, 0.05) is 30.5 Å². The van der Waals surface area contributed by atoms with Gasteiger partial charge in [-0.25, -0.2) is 9.18 Å². The highest BCUT2D eigenvalue weighted by molar-refractivity contribution is 5.79. The van der Waals surface area contributed by atoms with Crippen LogP contribution in [-0.4, -0.2) is 28.7 Å². The molecule has 2 aliphatic rings. The van der Waals surface area contributed by atoms with E-state index in [0.717, 1.165) is 24.0 Å². The second-order valence-electron chi connectivity index (χ2n) is 6.16. The molecule has 22 heavy (non-hydrogen) atoms. The lowest BCUT2D eigenvalue weighted by atomic mass is 9.96. The maximum absolute atomic E-state index is 13.3. The lowest BCUT2D eigenvalue weighted by molar-refractivity contribution is 0.236. The Labute approximate surface area is 128 Å². The van der Waals surface area contributed by atoms with Crippen LogP contribution in [0.1, 0.15) is 19.3 Å². The summed E-state index contributed by atoms with van der Waals surface area (Å²) in [6, 6.07) is 9.27. The Morgan fingerprint density at radius 3 is 2.91 bits per heavy atom.